The van der Waals surface area contributed by atoms with Gasteiger partial charge in [-0.1, -0.05) is 12.1 Å². The van der Waals surface area contributed by atoms with Crippen LogP contribution in [0.3, 0.4) is 0 Å². The van der Waals surface area contributed by atoms with Crippen LogP contribution in [0.5, 0.6) is 0 Å². The van der Waals surface area contributed by atoms with Gasteiger partial charge < -0.3 is 14.2 Å². The van der Waals surface area contributed by atoms with Gasteiger partial charge in [0.05, 0.1) is 30.5 Å². The summed E-state index contributed by atoms with van der Waals surface area (Å²) < 4.78 is 35.5. The number of fused-ring (bicyclic) bond motifs is 1. The van der Waals surface area contributed by atoms with Crippen LogP contribution in [0.1, 0.15) is 22.6 Å². The van der Waals surface area contributed by atoms with Crippen molar-refractivity contribution < 1.29 is 18.3 Å². The fraction of sp³-hybridized carbons (Fsp3) is 0.273. The summed E-state index contributed by atoms with van der Waals surface area (Å²) in [6.07, 6.45) is 2.43. The summed E-state index contributed by atoms with van der Waals surface area (Å²) >= 11 is 0. The molecule has 0 saturated carbocycles. The highest BCUT2D eigenvalue weighted by Crippen LogP contribution is 2.35. The minimum Gasteiger partial charge on any atom is -0.363 e. The zero-order valence-corrected chi connectivity index (χ0v) is 15.6. The SMILES string of the molecule is O=C(c1ccccc1F)N1CC[C@@]2(C1)Cn1c(-c3ccc(F)cc3)cnc1CO2. The summed E-state index contributed by atoms with van der Waals surface area (Å²) in [4.78, 5) is 18.9. The minimum atomic E-state index is -0.538. The standard InChI is InChI=1S/C22H19F2N3O2/c23-16-7-5-15(6-8-16)19-11-25-20-12-29-22(14-27(19)20)9-10-26(13-22)21(28)17-3-1-2-4-18(17)24/h1-8,11H,9-10,12-14H2/t22-/m1/s1. The molecule has 1 atom stereocenters. The Kier molecular flexibility index (Phi) is 4.20. The molecule has 7 heteroatoms. The van der Waals surface area contributed by atoms with Crippen molar-refractivity contribution in [1.82, 2.24) is 14.5 Å². The molecule has 29 heavy (non-hydrogen) atoms. The lowest BCUT2D eigenvalue weighted by Crippen LogP contribution is -2.45. The minimum absolute atomic E-state index is 0.0793. The van der Waals surface area contributed by atoms with Crippen molar-refractivity contribution in [1.29, 1.82) is 0 Å². The molecule has 0 aliphatic carbocycles. The van der Waals surface area contributed by atoms with Gasteiger partial charge in [-0.3, -0.25) is 4.79 Å². The van der Waals surface area contributed by atoms with Crippen LogP contribution < -0.4 is 0 Å². The second kappa shape index (κ2) is 6.77. The molecular weight excluding hydrogens is 376 g/mol. The molecule has 0 bridgehead atoms. The first-order valence-corrected chi connectivity index (χ1v) is 9.53. The lowest BCUT2D eigenvalue weighted by Gasteiger charge is -2.35. The van der Waals surface area contributed by atoms with E-state index >= 15 is 0 Å². The molecule has 1 saturated heterocycles. The number of nitrogens with zero attached hydrogens (tertiary/aromatic N) is 3. The van der Waals surface area contributed by atoms with Gasteiger partial charge in [-0.15, -0.1) is 0 Å². The van der Waals surface area contributed by atoms with Crippen molar-refractivity contribution in [3.8, 4) is 11.3 Å². The van der Waals surface area contributed by atoms with E-state index < -0.39 is 11.4 Å². The van der Waals surface area contributed by atoms with Gasteiger partial charge in [0, 0.05) is 6.54 Å². The number of amides is 1. The molecule has 2 aliphatic heterocycles. The molecule has 5 nitrogen and oxygen atoms in total. The molecule has 148 valence electrons. The molecule has 3 heterocycles. The summed E-state index contributed by atoms with van der Waals surface area (Å²) in [7, 11) is 0. The second-order valence-electron chi connectivity index (χ2n) is 7.58. The average Bonchev–Trinajstić information content (AvgIpc) is 3.33. The molecule has 2 aromatic carbocycles. The number of carbonyl (C=O) groups excluding carboxylic acids is 1. The molecule has 0 radical (unpaired) electrons. The molecule has 3 aromatic rings. The molecule has 1 aromatic heterocycles. The third-order valence-electron chi connectivity index (χ3n) is 5.74. The van der Waals surface area contributed by atoms with Crippen LogP contribution in [-0.4, -0.2) is 39.0 Å². The Hall–Kier alpha value is -3.06. The van der Waals surface area contributed by atoms with Crippen molar-refractivity contribution in [2.45, 2.75) is 25.2 Å². The smallest absolute Gasteiger partial charge is 0.256 e. The van der Waals surface area contributed by atoms with Crippen molar-refractivity contribution in [2.24, 2.45) is 0 Å². The highest BCUT2D eigenvalue weighted by molar-refractivity contribution is 5.94. The van der Waals surface area contributed by atoms with Crippen LogP contribution in [0.4, 0.5) is 8.78 Å². The lowest BCUT2D eigenvalue weighted by molar-refractivity contribution is -0.0804. The highest BCUT2D eigenvalue weighted by Gasteiger charge is 2.44. The number of imidazole rings is 1. The molecule has 1 amide bonds. The molecular formula is C22H19F2N3O2. The third kappa shape index (κ3) is 3.11. The molecule has 1 spiro atoms. The first-order valence-electron chi connectivity index (χ1n) is 9.53. The fourth-order valence-corrected chi connectivity index (χ4v) is 4.18. The van der Waals surface area contributed by atoms with E-state index in [-0.39, 0.29) is 17.3 Å². The Morgan fingerprint density at radius 1 is 1.07 bits per heavy atom. The van der Waals surface area contributed by atoms with Crippen molar-refractivity contribution in [3.05, 3.63) is 77.8 Å². The molecule has 2 aliphatic rings. The number of halogens is 2. The number of ether oxygens (including phenoxy) is 1. The topological polar surface area (TPSA) is 47.4 Å². The summed E-state index contributed by atoms with van der Waals surface area (Å²) in [5.41, 5.74) is 1.31. The van der Waals surface area contributed by atoms with Crippen LogP contribution in [-0.2, 0) is 17.9 Å². The van der Waals surface area contributed by atoms with E-state index in [4.69, 9.17) is 4.74 Å². The summed E-state index contributed by atoms with van der Waals surface area (Å²) in [6.45, 7) is 1.77. The van der Waals surface area contributed by atoms with E-state index in [9.17, 15) is 13.6 Å². The van der Waals surface area contributed by atoms with Gasteiger partial charge in [0.15, 0.2) is 0 Å². The number of carbonyl (C=O) groups is 1. The molecule has 5 rings (SSSR count). The highest BCUT2D eigenvalue weighted by atomic mass is 19.1. The first kappa shape index (κ1) is 18.0. The maximum Gasteiger partial charge on any atom is 0.256 e. The van der Waals surface area contributed by atoms with E-state index in [1.165, 1.54) is 24.3 Å². The first-order chi connectivity index (χ1) is 14.0. The Morgan fingerprint density at radius 3 is 2.66 bits per heavy atom. The van der Waals surface area contributed by atoms with Gasteiger partial charge in [-0.05, 0) is 48.4 Å². The number of benzene rings is 2. The van der Waals surface area contributed by atoms with E-state index in [2.05, 4.69) is 9.55 Å². The predicted octanol–water partition coefficient (Wildman–Crippen LogP) is 3.64. The van der Waals surface area contributed by atoms with Crippen LogP contribution >= 0.6 is 0 Å². The largest absolute Gasteiger partial charge is 0.363 e. The lowest BCUT2D eigenvalue weighted by atomic mass is 10.0. The van der Waals surface area contributed by atoms with E-state index in [1.807, 2.05) is 0 Å². The van der Waals surface area contributed by atoms with E-state index in [0.717, 1.165) is 17.1 Å². The second-order valence-corrected chi connectivity index (χ2v) is 7.58. The zero-order chi connectivity index (χ0) is 20.0. The maximum atomic E-state index is 14.0. The Morgan fingerprint density at radius 2 is 1.86 bits per heavy atom. The fourth-order valence-electron chi connectivity index (χ4n) is 4.18. The molecule has 1 fully saturated rings. The quantitative estimate of drug-likeness (QED) is 0.666. The van der Waals surface area contributed by atoms with Gasteiger partial charge in [0.2, 0.25) is 0 Å². The van der Waals surface area contributed by atoms with Crippen LogP contribution in [0, 0.1) is 11.6 Å². The van der Waals surface area contributed by atoms with Crippen LogP contribution in [0.15, 0.2) is 54.7 Å². The number of hydrogen-bond acceptors (Lipinski definition) is 3. The molecule has 0 unspecified atom stereocenters. The monoisotopic (exact) mass is 395 g/mol. The number of rotatable bonds is 2. The van der Waals surface area contributed by atoms with Gasteiger partial charge in [0.1, 0.15) is 29.7 Å². The van der Waals surface area contributed by atoms with Crippen LogP contribution in [0.2, 0.25) is 0 Å². The third-order valence-corrected chi connectivity index (χ3v) is 5.74. The van der Waals surface area contributed by atoms with Gasteiger partial charge >= 0.3 is 0 Å². The van der Waals surface area contributed by atoms with Crippen molar-refractivity contribution in [2.75, 3.05) is 13.1 Å². The summed E-state index contributed by atoms with van der Waals surface area (Å²) in [5, 5.41) is 0. The number of hydrogen-bond donors (Lipinski definition) is 0. The van der Waals surface area contributed by atoms with Crippen molar-refractivity contribution in [3.63, 3.8) is 0 Å². The Balaban J connectivity index is 1.40. The molecule has 0 N–H and O–H groups in total. The number of likely N-dealkylation sites (tertiary alicyclic amines) is 1. The summed E-state index contributed by atoms with van der Waals surface area (Å²) in [6, 6.07) is 12.3. The zero-order valence-electron chi connectivity index (χ0n) is 15.6. The Labute approximate surface area is 166 Å². The average molecular weight is 395 g/mol. The Bertz CT molecular complexity index is 1080. The van der Waals surface area contributed by atoms with E-state index in [1.54, 1.807) is 35.4 Å². The van der Waals surface area contributed by atoms with Gasteiger partial charge in [0.25, 0.3) is 5.91 Å². The number of aromatic nitrogens is 2. The normalized spacial score (nSPS) is 20.8. The van der Waals surface area contributed by atoms with Crippen LogP contribution in [0.25, 0.3) is 11.3 Å². The van der Waals surface area contributed by atoms with Gasteiger partial charge in [-0.2, -0.15) is 0 Å². The maximum absolute atomic E-state index is 14.0. The predicted molar refractivity (Wildman–Crippen MR) is 102 cm³/mol. The van der Waals surface area contributed by atoms with Gasteiger partial charge in [-0.25, -0.2) is 13.8 Å². The van der Waals surface area contributed by atoms with Crippen molar-refractivity contribution >= 4 is 5.91 Å². The summed E-state index contributed by atoms with van der Waals surface area (Å²) in [5.74, 6) is -0.323. The van der Waals surface area contributed by atoms with E-state index in [0.29, 0.717) is 32.7 Å².